The highest BCUT2D eigenvalue weighted by molar-refractivity contribution is 7.89. The smallest absolute Gasteiger partial charge is 0.253 e. The van der Waals surface area contributed by atoms with Crippen molar-refractivity contribution in [3.05, 3.63) is 29.8 Å². The summed E-state index contributed by atoms with van der Waals surface area (Å²) in [4.78, 5) is 14.3. The number of aliphatic hydroxyl groups is 1. The highest BCUT2D eigenvalue weighted by atomic mass is 32.2. The van der Waals surface area contributed by atoms with Crippen LogP contribution in [0.5, 0.6) is 0 Å². The SMILES string of the molecule is CC(O)CNS(=O)(=O)c1ccc(C(=O)N2CCC(C)(C)C2)cc1. The average molecular weight is 340 g/mol. The average Bonchev–Trinajstić information content (AvgIpc) is 2.85. The number of carbonyl (C=O) groups is 1. The Morgan fingerprint density at radius 2 is 1.96 bits per heavy atom. The number of rotatable bonds is 5. The van der Waals surface area contributed by atoms with E-state index in [9.17, 15) is 13.2 Å². The van der Waals surface area contributed by atoms with Crippen molar-refractivity contribution in [1.82, 2.24) is 9.62 Å². The van der Waals surface area contributed by atoms with Crippen LogP contribution in [0.2, 0.25) is 0 Å². The Labute approximate surface area is 137 Å². The van der Waals surface area contributed by atoms with E-state index in [0.29, 0.717) is 12.1 Å². The second kappa shape index (κ2) is 6.59. The van der Waals surface area contributed by atoms with E-state index in [1.54, 1.807) is 4.90 Å². The molecule has 1 aromatic rings. The maximum Gasteiger partial charge on any atom is 0.253 e. The molecule has 1 aromatic carbocycles. The van der Waals surface area contributed by atoms with Gasteiger partial charge in [0.05, 0.1) is 11.0 Å². The number of aliphatic hydroxyl groups excluding tert-OH is 1. The number of nitrogens with one attached hydrogen (secondary N) is 1. The molecule has 2 N–H and O–H groups in total. The Morgan fingerprint density at radius 3 is 2.43 bits per heavy atom. The maximum atomic E-state index is 12.4. The van der Waals surface area contributed by atoms with Crippen molar-refractivity contribution in [3.63, 3.8) is 0 Å². The Hall–Kier alpha value is -1.44. The third kappa shape index (κ3) is 4.53. The molecule has 0 saturated carbocycles. The van der Waals surface area contributed by atoms with Gasteiger partial charge in [-0.05, 0) is 43.0 Å². The fraction of sp³-hybridized carbons (Fsp3) is 0.562. The largest absolute Gasteiger partial charge is 0.392 e. The van der Waals surface area contributed by atoms with Gasteiger partial charge in [0.2, 0.25) is 10.0 Å². The summed E-state index contributed by atoms with van der Waals surface area (Å²) in [6.45, 7) is 7.14. The standard InChI is InChI=1S/C16H24N2O4S/c1-12(19)10-17-23(21,22)14-6-4-13(5-7-14)15(20)18-9-8-16(2,3)11-18/h4-7,12,17,19H,8-11H2,1-3H3. The fourth-order valence-electron chi connectivity index (χ4n) is 2.56. The summed E-state index contributed by atoms with van der Waals surface area (Å²) in [7, 11) is -3.67. The molecule has 0 aliphatic carbocycles. The molecule has 1 fully saturated rings. The van der Waals surface area contributed by atoms with Gasteiger partial charge in [0.1, 0.15) is 0 Å². The molecule has 1 unspecified atom stereocenters. The van der Waals surface area contributed by atoms with Gasteiger partial charge < -0.3 is 10.0 Å². The van der Waals surface area contributed by atoms with Crippen LogP contribution >= 0.6 is 0 Å². The lowest BCUT2D eigenvalue weighted by atomic mass is 9.93. The molecular formula is C16H24N2O4S. The molecule has 1 aliphatic rings. The van der Waals surface area contributed by atoms with Gasteiger partial charge in [-0.2, -0.15) is 0 Å². The van der Waals surface area contributed by atoms with Crippen molar-refractivity contribution in [1.29, 1.82) is 0 Å². The van der Waals surface area contributed by atoms with Gasteiger partial charge in [-0.1, -0.05) is 13.8 Å². The summed E-state index contributed by atoms with van der Waals surface area (Å²) in [6.07, 6.45) is 0.207. The van der Waals surface area contributed by atoms with Crippen LogP contribution < -0.4 is 4.72 Å². The molecule has 0 spiro atoms. The van der Waals surface area contributed by atoms with Crippen molar-refractivity contribution >= 4 is 15.9 Å². The number of carbonyl (C=O) groups excluding carboxylic acids is 1. The predicted molar refractivity (Wildman–Crippen MR) is 87.6 cm³/mol. The van der Waals surface area contributed by atoms with Gasteiger partial charge in [0.25, 0.3) is 5.91 Å². The van der Waals surface area contributed by atoms with Gasteiger partial charge in [0.15, 0.2) is 0 Å². The summed E-state index contributed by atoms with van der Waals surface area (Å²) in [5, 5.41) is 9.17. The van der Waals surface area contributed by atoms with Crippen LogP contribution in [0.15, 0.2) is 29.2 Å². The fourth-order valence-corrected chi connectivity index (χ4v) is 3.68. The normalized spacial score (nSPS) is 18.9. The monoisotopic (exact) mass is 340 g/mol. The molecule has 7 heteroatoms. The minimum absolute atomic E-state index is 0.0497. The summed E-state index contributed by atoms with van der Waals surface area (Å²) >= 11 is 0. The van der Waals surface area contributed by atoms with Gasteiger partial charge in [-0.15, -0.1) is 0 Å². The zero-order valence-electron chi connectivity index (χ0n) is 13.7. The van der Waals surface area contributed by atoms with E-state index in [1.165, 1.54) is 31.2 Å². The Bertz CT molecular complexity index is 666. The number of benzene rings is 1. The van der Waals surface area contributed by atoms with Crippen LogP contribution in [0.25, 0.3) is 0 Å². The zero-order valence-corrected chi connectivity index (χ0v) is 14.6. The van der Waals surface area contributed by atoms with Crippen LogP contribution in [-0.2, 0) is 10.0 Å². The molecule has 0 radical (unpaired) electrons. The highest BCUT2D eigenvalue weighted by Crippen LogP contribution is 2.29. The minimum atomic E-state index is -3.67. The molecule has 1 amide bonds. The van der Waals surface area contributed by atoms with Gasteiger partial charge >= 0.3 is 0 Å². The lowest BCUT2D eigenvalue weighted by molar-refractivity contribution is 0.0778. The van der Waals surface area contributed by atoms with Crippen molar-refractivity contribution in [2.24, 2.45) is 5.41 Å². The first-order valence-corrected chi connectivity index (χ1v) is 9.16. The molecule has 6 nitrogen and oxygen atoms in total. The summed E-state index contributed by atoms with van der Waals surface area (Å²) in [5.41, 5.74) is 0.612. The first-order valence-electron chi connectivity index (χ1n) is 7.68. The Balaban J connectivity index is 2.09. The number of amides is 1. The molecule has 1 atom stereocenters. The summed E-state index contributed by atoms with van der Waals surface area (Å²) < 4.78 is 26.4. The maximum absolute atomic E-state index is 12.4. The molecular weight excluding hydrogens is 316 g/mol. The predicted octanol–water partition coefficient (Wildman–Crippen LogP) is 1.22. The highest BCUT2D eigenvalue weighted by Gasteiger charge is 2.32. The molecule has 0 bridgehead atoms. The van der Waals surface area contributed by atoms with Crippen molar-refractivity contribution in [3.8, 4) is 0 Å². The molecule has 1 saturated heterocycles. The number of likely N-dealkylation sites (tertiary alicyclic amines) is 1. The summed E-state index contributed by atoms with van der Waals surface area (Å²) in [5.74, 6) is -0.0727. The first-order chi connectivity index (χ1) is 10.6. The van der Waals surface area contributed by atoms with E-state index in [2.05, 4.69) is 18.6 Å². The van der Waals surface area contributed by atoms with Gasteiger partial charge in [0, 0.05) is 25.2 Å². The van der Waals surface area contributed by atoms with Gasteiger partial charge in [-0.25, -0.2) is 13.1 Å². The van der Waals surface area contributed by atoms with Crippen LogP contribution in [0.4, 0.5) is 0 Å². The zero-order chi connectivity index (χ0) is 17.3. The van der Waals surface area contributed by atoms with Crippen LogP contribution in [0.3, 0.4) is 0 Å². The quantitative estimate of drug-likeness (QED) is 0.844. The lowest BCUT2D eigenvalue weighted by Gasteiger charge is -2.20. The topological polar surface area (TPSA) is 86.7 Å². The van der Waals surface area contributed by atoms with Gasteiger partial charge in [-0.3, -0.25) is 4.79 Å². The molecule has 23 heavy (non-hydrogen) atoms. The van der Waals surface area contributed by atoms with E-state index >= 15 is 0 Å². The third-order valence-electron chi connectivity index (χ3n) is 3.94. The van der Waals surface area contributed by atoms with Crippen LogP contribution in [0.1, 0.15) is 37.6 Å². The van der Waals surface area contributed by atoms with Crippen molar-refractivity contribution in [2.75, 3.05) is 19.6 Å². The van der Waals surface area contributed by atoms with E-state index in [4.69, 9.17) is 5.11 Å². The van der Waals surface area contributed by atoms with E-state index in [1.807, 2.05) is 0 Å². The van der Waals surface area contributed by atoms with Crippen molar-refractivity contribution < 1.29 is 18.3 Å². The Morgan fingerprint density at radius 1 is 1.35 bits per heavy atom. The van der Waals surface area contributed by atoms with E-state index in [0.717, 1.165) is 13.0 Å². The van der Waals surface area contributed by atoms with Crippen LogP contribution in [-0.4, -0.2) is 50.1 Å². The minimum Gasteiger partial charge on any atom is -0.392 e. The first kappa shape index (κ1) is 17.9. The molecule has 0 aromatic heterocycles. The lowest BCUT2D eigenvalue weighted by Crippen LogP contribution is -2.31. The molecule has 1 aliphatic heterocycles. The van der Waals surface area contributed by atoms with Crippen molar-refractivity contribution in [2.45, 2.75) is 38.2 Å². The number of hydrogen-bond donors (Lipinski definition) is 2. The molecule has 128 valence electrons. The van der Waals surface area contributed by atoms with Crippen LogP contribution in [0, 0.1) is 5.41 Å². The Kier molecular flexibility index (Phi) is 5.13. The summed E-state index contributed by atoms with van der Waals surface area (Å²) in [6, 6.07) is 5.90. The molecule has 2 rings (SSSR count). The second-order valence-electron chi connectivity index (χ2n) is 6.87. The van der Waals surface area contributed by atoms with E-state index in [-0.39, 0.29) is 22.8 Å². The van der Waals surface area contributed by atoms with E-state index < -0.39 is 16.1 Å². The number of hydrogen-bond acceptors (Lipinski definition) is 4. The second-order valence-corrected chi connectivity index (χ2v) is 8.63. The molecule has 1 heterocycles. The number of nitrogens with zero attached hydrogens (tertiary/aromatic N) is 1. The third-order valence-corrected chi connectivity index (χ3v) is 5.38. The number of sulfonamides is 1.